The van der Waals surface area contributed by atoms with E-state index < -0.39 is 5.97 Å². The number of aromatic nitrogens is 4. The standard InChI is InChI=1S/C19H14Cl2N4O.C2H4O2/c1-11-14(9-13-3-2-4-15(20)18(13)21)19-23-16(10-17(26)25(19)24-11)12-5-7-22-8-6-12;1-2(3)4/h2-8,10,26H,9H2,1H3;1H3,(H,3,4). The Bertz CT molecular complexity index is 1210. The van der Waals surface area contributed by atoms with E-state index in [4.69, 9.17) is 38.1 Å². The summed E-state index contributed by atoms with van der Waals surface area (Å²) < 4.78 is 1.44. The minimum atomic E-state index is -0.833. The Morgan fingerprint density at radius 2 is 1.83 bits per heavy atom. The minimum absolute atomic E-state index is 0.0216. The molecule has 2 N–H and O–H groups in total. The predicted molar refractivity (Wildman–Crippen MR) is 115 cm³/mol. The monoisotopic (exact) mass is 444 g/mol. The maximum Gasteiger partial charge on any atom is 0.300 e. The second kappa shape index (κ2) is 9.11. The molecule has 4 aromatic rings. The molecule has 4 rings (SSSR count). The zero-order valence-corrected chi connectivity index (χ0v) is 17.7. The highest BCUT2D eigenvalue weighted by Gasteiger charge is 2.17. The Morgan fingerprint density at radius 1 is 1.17 bits per heavy atom. The topological polar surface area (TPSA) is 101 Å². The van der Waals surface area contributed by atoms with Crippen molar-refractivity contribution in [2.24, 2.45) is 0 Å². The smallest absolute Gasteiger partial charge is 0.300 e. The molecule has 3 heterocycles. The first-order valence-corrected chi connectivity index (χ1v) is 9.64. The SMILES string of the molecule is CC(=O)O.Cc1nn2c(O)cc(-c3ccncc3)nc2c1Cc1cccc(Cl)c1Cl. The van der Waals surface area contributed by atoms with Crippen molar-refractivity contribution in [2.75, 3.05) is 0 Å². The van der Waals surface area contributed by atoms with E-state index in [2.05, 4.69) is 10.1 Å². The van der Waals surface area contributed by atoms with E-state index >= 15 is 0 Å². The predicted octanol–water partition coefficient (Wildman–Crippen LogP) is 4.79. The van der Waals surface area contributed by atoms with Crippen LogP contribution in [0, 0.1) is 6.92 Å². The van der Waals surface area contributed by atoms with Crippen LogP contribution in [-0.2, 0) is 11.2 Å². The molecular formula is C21H18Cl2N4O3. The van der Waals surface area contributed by atoms with Crippen LogP contribution in [0.15, 0.2) is 48.8 Å². The van der Waals surface area contributed by atoms with Crippen molar-refractivity contribution in [1.82, 2.24) is 19.6 Å². The molecule has 0 fully saturated rings. The number of fused-ring (bicyclic) bond motifs is 1. The van der Waals surface area contributed by atoms with Crippen molar-refractivity contribution in [2.45, 2.75) is 20.3 Å². The molecule has 154 valence electrons. The highest BCUT2D eigenvalue weighted by molar-refractivity contribution is 6.42. The number of rotatable bonds is 3. The van der Waals surface area contributed by atoms with Crippen LogP contribution in [0.5, 0.6) is 5.88 Å². The summed E-state index contributed by atoms with van der Waals surface area (Å²) in [4.78, 5) is 17.7. The van der Waals surface area contributed by atoms with Crippen LogP contribution in [0.3, 0.4) is 0 Å². The Kier molecular flexibility index (Phi) is 6.54. The molecule has 0 aliphatic heterocycles. The van der Waals surface area contributed by atoms with Gasteiger partial charge in [0.25, 0.3) is 5.97 Å². The number of hydrogen-bond acceptors (Lipinski definition) is 5. The second-order valence-electron chi connectivity index (χ2n) is 6.44. The normalized spacial score (nSPS) is 10.5. The molecule has 0 saturated heterocycles. The highest BCUT2D eigenvalue weighted by atomic mass is 35.5. The Balaban J connectivity index is 0.000000589. The van der Waals surface area contributed by atoms with E-state index in [0.717, 1.165) is 29.3 Å². The largest absolute Gasteiger partial charge is 0.493 e. The van der Waals surface area contributed by atoms with Crippen LogP contribution in [0.1, 0.15) is 23.7 Å². The van der Waals surface area contributed by atoms with Crippen molar-refractivity contribution < 1.29 is 15.0 Å². The van der Waals surface area contributed by atoms with E-state index in [1.54, 1.807) is 24.5 Å². The van der Waals surface area contributed by atoms with Gasteiger partial charge in [0.1, 0.15) is 0 Å². The third kappa shape index (κ3) is 4.69. The molecule has 7 nitrogen and oxygen atoms in total. The van der Waals surface area contributed by atoms with Gasteiger partial charge >= 0.3 is 0 Å². The number of halogens is 2. The van der Waals surface area contributed by atoms with Gasteiger partial charge in [-0.3, -0.25) is 9.78 Å². The highest BCUT2D eigenvalue weighted by Crippen LogP contribution is 2.31. The lowest BCUT2D eigenvalue weighted by Gasteiger charge is -2.07. The quantitative estimate of drug-likeness (QED) is 0.470. The maximum atomic E-state index is 10.4. The molecule has 30 heavy (non-hydrogen) atoms. The van der Waals surface area contributed by atoms with E-state index in [1.807, 2.05) is 31.2 Å². The first kappa shape index (κ1) is 21.5. The fourth-order valence-electron chi connectivity index (χ4n) is 2.90. The molecule has 0 aliphatic rings. The van der Waals surface area contributed by atoms with Gasteiger partial charge in [-0.05, 0) is 30.7 Å². The average Bonchev–Trinajstić information content (AvgIpc) is 3.02. The lowest BCUT2D eigenvalue weighted by molar-refractivity contribution is -0.134. The van der Waals surface area contributed by atoms with Crippen molar-refractivity contribution in [3.63, 3.8) is 0 Å². The van der Waals surface area contributed by atoms with Gasteiger partial charge in [0.05, 0.1) is 21.4 Å². The van der Waals surface area contributed by atoms with Crippen LogP contribution >= 0.6 is 23.2 Å². The molecule has 9 heteroatoms. The Labute approximate surface area is 182 Å². The average molecular weight is 445 g/mol. The number of carboxylic acids is 1. The minimum Gasteiger partial charge on any atom is -0.493 e. The fourth-order valence-corrected chi connectivity index (χ4v) is 3.29. The third-order valence-electron chi connectivity index (χ3n) is 4.24. The van der Waals surface area contributed by atoms with Gasteiger partial charge in [-0.1, -0.05) is 35.3 Å². The zero-order chi connectivity index (χ0) is 21.8. The van der Waals surface area contributed by atoms with E-state index in [0.29, 0.717) is 27.8 Å². The van der Waals surface area contributed by atoms with Gasteiger partial charge in [-0.25, -0.2) is 4.98 Å². The first-order valence-electron chi connectivity index (χ1n) is 8.89. The third-order valence-corrected chi connectivity index (χ3v) is 5.10. The molecule has 0 bridgehead atoms. The number of aromatic hydroxyl groups is 1. The summed E-state index contributed by atoms with van der Waals surface area (Å²) in [6.07, 6.45) is 3.89. The summed E-state index contributed by atoms with van der Waals surface area (Å²) in [5.41, 5.74) is 4.65. The molecule has 0 unspecified atom stereocenters. The van der Waals surface area contributed by atoms with Crippen LogP contribution in [0.4, 0.5) is 0 Å². The molecule has 3 aromatic heterocycles. The van der Waals surface area contributed by atoms with Crippen LogP contribution in [-0.4, -0.2) is 35.8 Å². The van der Waals surface area contributed by atoms with Crippen molar-refractivity contribution in [3.8, 4) is 17.1 Å². The number of aryl methyl sites for hydroxylation is 1. The lowest BCUT2D eigenvalue weighted by atomic mass is 10.1. The number of aliphatic carboxylic acids is 1. The summed E-state index contributed by atoms with van der Waals surface area (Å²) in [7, 11) is 0. The van der Waals surface area contributed by atoms with Gasteiger partial charge < -0.3 is 10.2 Å². The van der Waals surface area contributed by atoms with Gasteiger partial charge in [0.2, 0.25) is 5.88 Å². The van der Waals surface area contributed by atoms with Crippen LogP contribution in [0.25, 0.3) is 16.9 Å². The van der Waals surface area contributed by atoms with Gasteiger partial charge in [-0.2, -0.15) is 9.61 Å². The number of carbonyl (C=O) groups is 1. The molecule has 0 radical (unpaired) electrons. The van der Waals surface area contributed by atoms with E-state index in [-0.39, 0.29) is 5.88 Å². The van der Waals surface area contributed by atoms with Crippen molar-refractivity contribution >= 4 is 34.8 Å². The van der Waals surface area contributed by atoms with Gasteiger partial charge in [0, 0.05) is 42.9 Å². The summed E-state index contributed by atoms with van der Waals surface area (Å²) >= 11 is 12.5. The number of nitrogens with zero attached hydrogens (tertiary/aromatic N) is 4. The van der Waals surface area contributed by atoms with Gasteiger partial charge in [0.15, 0.2) is 5.65 Å². The first-order chi connectivity index (χ1) is 14.3. The van der Waals surface area contributed by atoms with E-state index in [9.17, 15) is 5.11 Å². The molecular weight excluding hydrogens is 427 g/mol. The number of benzene rings is 1. The molecule has 0 spiro atoms. The molecule has 1 aromatic carbocycles. The lowest BCUT2D eigenvalue weighted by Crippen LogP contribution is -1.96. The van der Waals surface area contributed by atoms with E-state index in [1.165, 1.54) is 4.52 Å². The summed E-state index contributed by atoms with van der Waals surface area (Å²) in [6.45, 7) is 2.97. The molecule has 0 aliphatic carbocycles. The Morgan fingerprint density at radius 3 is 2.50 bits per heavy atom. The molecule has 0 saturated carbocycles. The van der Waals surface area contributed by atoms with Gasteiger partial charge in [-0.15, -0.1) is 0 Å². The summed E-state index contributed by atoms with van der Waals surface area (Å²) in [5, 5.41) is 23.3. The summed E-state index contributed by atoms with van der Waals surface area (Å²) in [6, 6.07) is 10.8. The van der Waals surface area contributed by atoms with Crippen LogP contribution in [0.2, 0.25) is 10.0 Å². The summed E-state index contributed by atoms with van der Waals surface area (Å²) in [5.74, 6) is -0.812. The van der Waals surface area contributed by atoms with Crippen molar-refractivity contribution in [1.29, 1.82) is 0 Å². The fraction of sp³-hybridized carbons (Fsp3) is 0.143. The van der Waals surface area contributed by atoms with Crippen LogP contribution < -0.4 is 0 Å². The van der Waals surface area contributed by atoms with Crippen molar-refractivity contribution in [3.05, 3.63) is 75.7 Å². The number of pyridine rings is 1. The Hall–Kier alpha value is -3.16. The second-order valence-corrected chi connectivity index (χ2v) is 7.23. The number of carboxylic acid groups (broad SMARTS) is 1. The number of hydrogen-bond donors (Lipinski definition) is 2. The zero-order valence-electron chi connectivity index (χ0n) is 16.2. The molecule has 0 atom stereocenters. The molecule has 0 amide bonds. The maximum absolute atomic E-state index is 10.4.